The van der Waals surface area contributed by atoms with Gasteiger partial charge in [0, 0.05) is 58.9 Å². The number of imidazole rings is 2. The molecule has 8 heterocycles. The van der Waals surface area contributed by atoms with Crippen LogP contribution in [0.4, 0.5) is 0 Å². The van der Waals surface area contributed by atoms with Crippen molar-refractivity contribution >= 4 is 23.6 Å². The maximum atomic E-state index is 14.4. The molecule has 4 amide bonds. The summed E-state index contributed by atoms with van der Waals surface area (Å²) in [6.07, 6.45) is 12.1. The standard InChI is InChI=1S/C54H46N12O6/c67-51(37-15-17-55-29-59-37)63-47(31-9-3-1-4-10-31)53(69)65-19-7-13-41(65)49-57-25-39(61-49)33-21-35-27-72-44-24-34(22-36-28-71-43(23-33)45(35)46(36)44)40-26-58-50(62-40)42-14-8-20-66(42)54(70)48(32-11-5-2-6-12-32)64-52(68)38-16-18-56-30-60-38/h1-6,9-12,15-18,21-26,29-30,41-42,47-48H,7-8,13-14,19-20,27-28H2,(H,57,61)(H,58,62)(H,63,67)(H,64,68)/t41-,42-,47+,48+/m0/s1. The fraction of sp³-hybridized carbons (Fsp3) is 0.222. The Kier molecular flexibility index (Phi) is 11.5. The summed E-state index contributed by atoms with van der Waals surface area (Å²) in [4.78, 5) is 91.6. The zero-order valence-electron chi connectivity index (χ0n) is 38.7. The largest absolute Gasteiger partial charge is 0.488 e. The van der Waals surface area contributed by atoms with Crippen molar-refractivity contribution in [1.29, 1.82) is 0 Å². The third-order valence-corrected chi connectivity index (χ3v) is 13.8. The van der Waals surface area contributed by atoms with Gasteiger partial charge in [-0.05, 0) is 73.2 Å². The van der Waals surface area contributed by atoms with Gasteiger partial charge in [-0.3, -0.25) is 19.2 Å². The van der Waals surface area contributed by atoms with Crippen LogP contribution in [0.15, 0.2) is 135 Å². The molecule has 4 aromatic carbocycles. The molecule has 18 nitrogen and oxygen atoms in total. The fourth-order valence-electron chi connectivity index (χ4n) is 10.4. The molecule has 8 aromatic rings. The number of hydrogen-bond donors (Lipinski definition) is 4. The molecule has 0 unspecified atom stereocenters. The van der Waals surface area contributed by atoms with E-state index in [1.54, 1.807) is 22.2 Å². The molecule has 4 aliphatic heterocycles. The van der Waals surface area contributed by atoms with E-state index in [9.17, 15) is 19.2 Å². The Morgan fingerprint density at radius 2 is 1.01 bits per heavy atom. The first kappa shape index (κ1) is 44.2. The maximum absolute atomic E-state index is 14.4. The van der Waals surface area contributed by atoms with Gasteiger partial charge in [-0.1, -0.05) is 60.7 Å². The van der Waals surface area contributed by atoms with Crippen LogP contribution in [0.3, 0.4) is 0 Å². The Morgan fingerprint density at radius 1 is 0.569 bits per heavy atom. The molecule has 0 saturated carbocycles. The predicted octanol–water partition coefficient (Wildman–Crippen LogP) is 7.17. The minimum atomic E-state index is -0.936. The predicted molar refractivity (Wildman–Crippen MR) is 260 cm³/mol. The van der Waals surface area contributed by atoms with Crippen molar-refractivity contribution in [2.24, 2.45) is 0 Å². The molecular weight excluding hydrogens is 913 g/mol. The summed E-state index contributed by atoms with van der Waals surface area (Å²) in [5, 5.41) is 5.84. The number of hydrogen-bond acceptors (Lipinski definition) is 12. The fourth-order valence-corrected chi connectivity index (χ4v) is 10.4. The van der Waals surface area contributed by atoms with Gasteiger partial charge in [-0.15, -0.1) is 0 Å². The monoisotopic (exact) mass is 958 g/mol. The first-order chi connectivity index (χ1) is 35.3. The van der Waals surface area contributed by atoms with Crippen LogP contribution in [0.25, 0.3) is 33.6 Å². The molecule has 72 heavy (non-hydrogen) atoms. The van der Waals surface area contributed by atoms with Crippen molar-refractivity contribution in [3.8, 4) is 45.1 Å². The molecular formula is C54H46N12O6. The van der Waals surface area contributed by atoms with Crippen LogP contribution in [0.2, 0.25) is 0 Å². The number of carbonyl (C=O) groups is 4. The molecule has 2 saturated heterocycles. The Labute approximate surface area is 412 Å². The van der Waals surface area contributed by atoms with E-state index in [1.807, 2.05) is 72.8 Å². The minimum Gasteiger partial charge on any atom is -0.488 e. The van der Waals surface area contributed by atoms with E-state index in [2.05, 4.69) is 52.7 Å². The third-order valence-electron chi connectivity index (χ3n) is 13.8. The highest BCUT2D eigenvalue weighted by atomic mass is 16.5. The summed E-state index contributed by atoms with van der Waals surface area (Å²) in [7, 11) is 0. The number of H-pyrrole nitrogens is 2. The number of nitrogens with one attached hydrogen (secondary N) is 4. The summed E-state index contributed by atoms with van der Waals surface area (Å²) in [6, 6.07) is 27.1. The van der Waals surface area contributed by atoms with E-state index >= 15 is 0 Å². The lowest BCUT2D eigenvalue weighted by Gasteiger charge is -2.30. The zero-order valence-corrected chi connectivity index (χ0v) is 38.7. The number of likely N-dealkylation sites (tertiary alicyclic amines) is 2. The molecule has 4 atom stereocenters. The van der Waals surface area contributed by atoms with E-state index in [1.165, 1.54) is 37.2 Å². The minimum absolute atomic E-state index is 0.169. The SMILES string of the molecule is O=C(N[C@@H](C(=O)N1CCC[C@H]1c1ncc(-c2cc3c4c(c2)OCc2cc(-c5cnc([C@@H]6CCCN6C(=O)[C@H](NC(=O)c6ccncn6)c6ccccc6)[nH]5)cc(c2-4)OC3)[nH]1)c1ccccc1)c1ccncn1. The normalized spacial score (nSPS) is 17.3. The van der Waals surface area contributed by atoms with Gasteiger partial charge >= 0.3 is 0 Å². The first-order valence-electron chi connectivity index (χ1n) is 23.9. The highest BCUT2D eigenvalue weighted by Crippen LogP contribution is 2.51. The Morgan fingerprint density at radius 3 is 1.43 bits per heavy atom. The molecule has 4 N–H and O–H groups in total. The average molecular weight is 959 g/mol. The van der Waals surface area contributed by atoms with Crippen LogP contribution >= 0.6 is 0 Å². The maximum Gasteiger partial charge on any atom is 0.270 e. The molecule has 12 rings (SSSR count). The number of aromatic amines is 2. The van der Waals surface area contributed by atoms with Crippen molar-refractivity contribution < 1.29 is 28.7 Å². The second-order valence-electron chi connectivity index (χ2n) is 18.2. The van der Waals surface area contributed by atoms with Crippen LogP contribution in [0.1, 0.15) is 105 Å². The van der Waals surface area contributed by atoms with Crippen molar-refractivity contribution in [3.63, 3.8) is 0 Å². The molecule has 18 heteroatoms. The van der Waals surface area contributed by atoms with Crippen molar-refractivity contribution in [2.75, 3.05) is 13.1 Å². The van der Waals surface area contributed by atoms with Gasteiger partial charge in [0.25, 0.3) is 11.8 Å². The second-order valence-corrected chi connectivity index (χ2v) is 18.2. The average Bonchev–Trinajstić information content (AvgIpc) is 4.30. The van der Waals surface area contributed by atoms with E-state index < -0.39 is 23.9 Å². The molecule has 0 bridgehead atoms. The Bertz CT molecular complexity index is 3080. The van der Waals surface area contributed by atoms with Crippen LogP contribution in [-0.4, -0.2) is 86.4 Å². The Balaban J connectivity index is 0.769. The van der Waals surface area contributed by atoms with Gasteiger partial charge < -0.3 is 39.9 Å². The van der Waals surface area contributed by atoms with E-state index in [-0.39, 0.29) is 35.3 Å². The first-order valence-corrected chi connectivity index (χ1v) is 23.9. The van der Waals surface area contributed by atoms with Crippen LogP contribution < -0.4 is 20.1 Å². The summed E-state index contributed by atoms with van der Waals surface area (Å²) in [6.45, 7) is 1.64. The summed E-state index contributed by atoms with van der Waals surface area (Å²) in [5.74, 6) is 1.38. The van der Waals surface area contributed by atoms with E-state index in [0.29, 0.717) is 61.9 Å². The quantitative estimate of drug-likeness (QED) is 0.0957. The second kappa shape index (κ2) is 18.7. The molecule has 2 fully saturated rings. The lowest BCUT2D eigenvalue weighted by Crippen LogP contribution is -2.43. The lowest BCUT2D eigenvalue weighted by molar-refractivity contribution is -0.135. The molecule has 0 radical (unpaired) electrons. The van der Waals surface area contributed by atoms with Crippen LogP contribution in [-0.2, 0) is 22.8 Å². The van der Waals surface area contributed by atoms with Gasteiger partial charge in [-0.2, -0.15) is 0 Å². The molecule has 0 aliphatic carbocycles. The van der Waals surface area contributed by atoms with E-state index in [4.69, 9.17) is 19.4 Å². The number of aromatic nitrogens is 8. The van der Waals surface area contributed by atoms with Gasteiger partial charge in [0.2, 0.25) is 11.8 Å². The molecule has 358 valence electrons. The van der Waals surface area contributed by atoms with Gasteiger partial charge in [0.1, 0.15) is 72.5 Å². The highest BCUT2D eigenvalue weighted by Gasteiger charge is 2.39. The topological polar surface area (TPSA) is 226 Å². The lowest BCUT2D eigenvalue weighted by atomic mass is 9.87. The van der Waals surface area contributed by atoms with Crippen molar-refractivity contribution in [1.82, 2.24) is 60.3 Å². The third kappa shape index (κ3) is 8.25. The van der Waals surface area contributed by atoms with Gasteiger partial charge in [-0.25, -0.2) is 29.9 Å². The highest BCUT2D eigenvalue weighted by molar-refractivity contribution is 5.97. The number of benzene rings is 4. The number of ether oxygens (including phenoxy) is 2. The van der Waals surface area contributed by atoms with Crippen molar-refractivity contribution in [2.45, 2.75) is 63.1 Å². The van der Waals surface area contributed by atoms with Crippen LogP contribution in [0, 0.1) is 0 Å². The smallest absolute Gasteiger partial charge is 0.270 e. The van der Waals surface area contributed by atoms with E-state index in [0.717, 1.165) is 69.1 Å². The van der Waals surface area contributed by atoms with Crippen LogP contribution in [0.5, 0.6) is 11.5 Å². The molecule has 4 aromatic heterocycles. The zero-order chi connectivity index (χ0) is 48.7. The number of rotatable bonds is 12. The summed E-state index contributed by atoms with van der Waals surface area (Å²) in [5.41, 5.74) is 8.88. The number of nitrogens with zero attached hydrogens (tertiary/aromatic N) is 8. The molecule has 4 aliphatic rings. The number of amides is 4. The summed E-state index contributed by atoms with van der Waals surface area (Å²) >= 11 is 0. The van der Waals surface area contributed by atoms with Gasteiger partial charge in [0.15, 0.2) is 0 Å². The number of carbonyl (C=O) groups excluding carboxylic acids is 4. The molecule has 0 spiro atoms. The van der Waals surface area contributed by atoms with Gasteiger partial charge in [0.05, 0.1) is 35.9 Å². The Hall–Kier alpha value is -9.06. The van der Waals surface area contributed by atoms with Crippen molar-refractivity contribution in [3.05, 3.63) is 180 Å². The summed E-state index contributed by atoms with van der Waals surface area (Å²) < 4.78 is 13.0.